The normalized spacial score (nSPS) is 18.8. The number of hydrogen-bond donors (Lipinski definition) is 1. The van der Waals surface area contributed by atoms with E-state index in [4.69, 9.17) is 4.74 Å². The number of hydrogen-bond acceptors (Lipinski definition) is 5. The van der Waals surface area contributed by atoms with Crippen LogP contribution >= 0.6 is 11.3 Å². The van der Waals surface area contributed by atoms with E-state index in [0.717, 1.165) is 43.3 Å². The van der Waals surface area contributed by atoms with E-state index in [1.165, 1.54) is 4.88 Å². The second kappa shape index (κ2) is 8.86. The second-order valence-corrected chi connectivity index (χ2v) is 6.95. The van der Waals surface area contributed by atoms with Crippen LogP contribution in [0.3, 0.4) is 0 Å². The lowest BCUT2D eigenvalue weighted by Gasteiger charge is -2.33. The summed E-state index contributed by atoms with van der Waals surface area (Å²) in [6.07, 6.45) is 4.66. The van der Waals surface area contributed by atoms with Gasteiger partial charge in [0.2, 0.25) is 0 Å². The molecule has 1 saturated heterocycles. The van der Waals surface area contributed by atoms with E-state index in [9.17, 15) is 4.79 Å². The van der Waals surface area contributed by atoms with Crippen LogP contribution in [0.5, 0.6) is 0 Å². The molecule has 0 saturated carbocycles. The summed E-state index contributed by atoms with van der Waals surface area (Å²) in [6.45, 7) is 6.74. The molecule has 6 nitrogen and oxygen atoms in total. The maximum atomic E-state index is 11.9. The van der Waals surface area contributed by atoms with Gasteiger partial charge < -0.3 is 15.0 Å². The number of nitrogens with zero attached hydrogens (tertiary/aromatic N) is 3. The lowest BCUT2D eigenvalue weighted by molar-refractivity contribution is -0.149. The molecule has 1 aliphatic rings. The molecule has 1 aromatic heterocycles. The van der Waals surface area contributed by atoms with Gasteiger partial charge in [-0.3, -0.25) is 9.79 Å². The highest BCUT2D eigenvalue weighted by Gasteiger charge is 2.28. The fraction of sp³-hybridized carbons (Fsp3) is 0.688. The Kier molecular flexibility index (Phi) is 6.83. The SMILES string of the molecule is CCOC(=O)C1CCCN(C(=NC)NCCc2ncc(C)s2)C1. The van der Waals surface area contributed by atoms with Crippen molar-refractivity contribution in [3.05, 3.63) is 16.1 Å². The lowest BCUT2D eigenvalue weighted by atomic mass is 9.98. The quantitative estimate of drug-likeness (QED) is 0.504. The fourth-order valence-corrected chi connectivity index (χ4v) is 3.54. The highest BCUT2D eigenvalue weighted by Crippen LogP contribution is 2.18. The van der Waals surface area contributed by atoms with Gasteiger partial charge in [-0.1, -0.05) is 0 Å². The maximum Gasteiger partial charge on any atom is 0.310 e. The number of ether oxygens (including phenoxy) is 1. The third kappa shape index (κ3) is 5.20. The highest BCUT2D eigenvalue weighted by atomic mass is 32.1. The minimum absolute atomic E-state index is 0.0520. The van der Waals surface area contributed by atoms with Crippen molar-refractivity contribution in [1.29, 1.82) is 0 Å². The number of rotatable bonds is 5. The molecule has 1 atom stereocenters. The predicted molar refractivity (Wildman–Crippen MR) is 92.8 cm³/mol. The summed E-state index contributed by atoms with van der Waals surface area (Å²) in [5.41, 5.74) is 0. The Morgan fingerprint density at radius 1 is 1.61 bits per heavy atom. The van der Waals surface area contributed by atoms with Gasteiger partial charge >= 0.3 is 5.97 Å². The van der Waals surface area contributed by atoms with E-state index in [1.54, 1.807) is 18.4 Å². The lowest BCUT2D eigenvalue weighted by Crippen LogP contribution is -2.48. The first-order chi connectivity index (χ1) is 11.1. The van der Waals surface area contributed by atoms with Crippen LogP contribution in [-0.4, -0.2) is 55.1 Å². The Morgan fingerprint density at radius 3 is 3.09 bits per heavy atom. The van der Waals surface area contributed by atoms with Crippen molar-refractivity contribution in [3.8, 4) is 0 Å². The smallest absolute Gasteiger partial charge is 0.310 e. The number of guanidine groups is 1. The molecule has 1 unspecified atom stereocenters. The summed E-state index contributed by atoms with van der Waals surface area (Å²) in [5, 5.41) is 4.51. The Hall–Kier alpha value is -1.63. The topological polar surface area (TPSA) is 66.8 Å². The summed E-state index contributed by atoms with van der Waals surface area (Å²) in [4.78, 5) is 24.0. The van der Waals surface area contributed by atoms with Crippen LogP contribution in [0.25, 0.3) is 0 Å². The Bertz CT molecular complexity index is 544. The van der Waals surface area contributed by atoms with Gasteiger partial charge in [-0.15, -0.1) is 11.3 Å². The monoisotopic (exact) mass is 338 g/mol. The number of carbonyl (C=O) groups is 1. The van der Waals surface area contributed by atoms with Gasteiger partial charge in [0.05, 0.1) is 17.5 Å². The van der Waals surface area contributed by atoms with Crippen LogP contribution < -0.4 is 5.32 Å². The van der Waals surface area contributed by atoms with Crippen molar-refractivity contribution in [2.24, 2.45) is 10.9 Å². The average Bonchev–Trinajstić information content (AvgIpc) is 2.97. The summed E-state index contributed by atoms with van der Waals surface area (Å²) in [5.74, 6) is 0.710. The minimum Gasteiger partial charge on any atom is -0.466 e. The standard InChI is InChI=1S/C16H26N4O2S/c1-4-22-15(21)13-6-5-9-20(11-13)16(17-3)18-8-7-14-19-10-12(2)23-14/h10,13H,4-9,11H2,1-3H3,(H,17,18). The number of aromatic nitrogens is 1. The number of thiazole rings is 1. The molecule has 0 spiro atoms. The van der Waals surface area contributed by atoms with Crippen molar-refractivity contribution in [2.45, 2.75) is 33.1 Å². The zero-order valence-corrected chi connectivity index (χ0v) is 15.0. The molecule has 0 aromatic carbocycles. The summed E-state index contributed by atoms with van der Waals surface area (Å²) in [7, 11) is 1.78. The maximum absolute atomic E-state index is 11.9. The van der Waals surface area contributed by atoms with Crippen molar-refractivity contribution < 1.29 is 9.53 Å². The van der Waals surface area contributed by atoms with Crippen molar-refractivity contribution in [1.82, 2.24) is 15.2 Å². The molecular formula is C16H26N4O2S. The van der Waals surface area contributed by atoms with Gasteiger partial charge in [0, 0.05) is 44.2 Å². The third-order valence-corrected chi connectivity index (χ3v) is 4.82. The zero-order valence-electron chi connectivity index (χ0n) is 14.2. The van der Waals surface area contributed by atoms with Crippen molar-refractivity contribution in [2.75, 3.05) is 33.3 Å². The van der Waals surface area contributed by atoms with E-state index in [-0.39, 0.29) is 11.9 Å². The Morgan fingerprint density at radius 2 is 2.43 bits per heavy atom. The van der Waals surface area contributed by atoms with Crippen LogP contribution in [-0.2, 0) is 16.0 Å². The second-order valence-electron chi connectivity index (χ2n) is 5.63. The zero-order chi connectivity index (χ0) is 16.7. The van der Waals surface area contributed by atoms with Gasteiger partial charge in [0.1, 0.15) is 0 Å². The van der Waals surface area contributed by atoms with Gasteiger partial charge in [0.15, 0.2) is 5.96 Å². The molecular weight excluding hydrogens is 312 g/mol. The molecule has 2 heterocycles. The summed E-state index contributed by atoms with van der Waals surface area (Å²) >= 11 is 1.73. The molecule has 0 radical (unpaired) electrons. The number of likely N-dealkylation sites (tertiary alicyclic amines) is 1. The molecule has 1 aliphatic heterocycles. The first-order valence-electron chi connectivity index (χ1n) is 8.17. The molecule has 0 amide bonds. The number of carbonyl (C=O) groups excluding carboxylic acids is 1. The molecule has 0 aliphatic carbocycles. The molecule has 1 fully saturated rings. The number of aliphatic imine (C=N–C) groups is 1. The average molecular weight is 338 g/mol. The van der Waals surface area contributed by atoms with Crippen LogP contribution in [0.15, 0.2) is 11.2 Å². The largest absolute Gasteiger partial charge is 0.466 e. The number of aryl methyl sites for hydroxylation is 1. The summed E-state index contributed by atoms with van der Waals surface area (Å²) in [6, 6.07) is 0. The van der Waals surface area contributed by atoms with Gasteiger partial charge in [-0.2, -0.15) is 0 Å². The highest BCUT2D eigenvalue weighted by molar-refractivity contribution is 7.11. The number of nitrogens with one attached hydrogen (secondary N) is 1. The van der Waals surface area contributed by atoms with Gasteiger partial charge in [-0.25, -0.2) is 4.98 Å². The van der Waals surface area contributed by atoms with Crippen molar-refractivity contribution in [3.63, 3.8) is 0 Å². The van der Waals surface area contributed by atoms with Crippen LogP contribution in [0, 0.1) is 12.8 Å². The molecule has 1 aromatic rings. The first kappa shape index (κ1) is 17.7. The van der Waals surface area contributed by atoms with Crippen LogP contribution in [0.4, 0.5) is 0 Å². The Labute approximate surface area is 142 Å². The molecule has 128 valence electrons. The van der Waals surface area contributed by atoms with Crippen LogP contribution in [0.2, 0.25) is 0 Å². The number of piperidine rings is 1. The van der Waals surface area contributed by atoms with E-state index in [2.05, 4.69) is 27.1 Å². The summed E-state index contributed by atoms with van der Waals surface area (Å²) < 4.78 is 5.15. The van der Waals surface area contributed by atoms with E-state index in [1.807, 2.05) is 13.1 Å². The van der Waals surface area contributed by atoms with Crippen LogP contribution in [0.1, 0.15) is 29.7 Å². The van der Waals surface area contributed by atoms with Gasteiger partial charge in [0.25, 0.3) is 0 Å². The minimum atomic E-state index is -0.0917. The number of esters is 1. The van der Waals surface area contributed by atoms with Gasteiger partial charge in [-0.05, 0) is 26.7 Å². The molecule has 7 heteroatoms. The molecule has 23 heavy (non-hydrogen) atoms. The molecule has 0 bridgehead atoms. The molecule has 1 N–H and O–H groups in total. The van der Waals surface area contributed by atoms with E-state index >= 15 is 0 Å². The van der Waals surface area contributed by atoms with Crippen molar-refractivity contribution >= 4 is 23.3 Å². The van der Waals surface area contributed by atoms with E-state index < -0.39 is 0 Å². The molecule has 2 rings (SSSR count). The Balaban J connectivity index is 1.83. The van der Waals surface area contributed by atoms with E-state index in [0.29, 0.717) is 13.2 Å². The fourth-order valence-electron chi connectivity index (χ4n) is 2.75. The third-order valence-electron chi connectivity index (χ3n) is 3.84. The predicted octanol–water partition coefficient (Wildman–Crippen LogP) is 1.84. The first-order valence-corrected chi connectivity index (χ1v) is 8.99.